The number of aromatic amines is 1. The second-order valence-electron chi connectivity index (χ2n) is 4.77. The number of H-pyrrole nitrogens is 1. The van der Waals surface area contributed by atoms with Crippen molar-refractivity contribution in [3.8, 4) is 5.75 Å². The van der Waals surface area contributed by atoms with E-state index in [1.165, 1.54) is 0 Å². The summed E-state index contributed by atoms with van der Waals surface area (Å²) in [6.45, 7) is 5.96. The van der Waals surface area contributed by atoms with Crippen molar-refractivity contribution in [3.63, 3.8) is 0 Å². The van der Waals surface area contributed by atoms with Gasteiger partial charge in [0.15, 0.2) is 4.77 Å². The number of nitrogens with one attached hydrogen (secondary N) is 1. The van der Waals surface area contributed by atoms with Gasteiger partial charge in [0.05, 0.1) is 12.1 Å². The van der Waals surface area contributed by atoms with E-state index in [4.69, 9.17) is 22.7 Å². The molecule has 0 saturated heterocycles. The molecule has 2 rings (SSSR count). The van der Waals surface area contributed by atoms with Crippen LogP contribution in [-0.4, -0.2) is 22.1 Å². The minimum Gasteiger partial charge on any atom is -0.492 e. The fraction of sp³-hybridized carbons (Fsp3) is 0.385. The van der Waals surface area contributed by atoms with Crippen molar-refractivity contribution in [1.82, 2.24) is 9.55 Å². The van der Waals surface area contributed by atoms with Crippen LogP contribution in [0.4, 0.5) is 0 Å². The number of hydrogen-bond donors (Lipinski definition) is 2. The van der Waals surface area contributed by atoms with Gasteiger partial charge in [-0.05, 0) is 45.1 Å². The molecule has 0 aliphatic heterocycles. The summed E-state index contributed by atoms with van der Waals surface area (Å²) in [5.74, 6) is 0.274. The average molecular weight is 279 g/mol. The number of rotatable bonds is 4. The average Bonchev–Trinajstić information content (AvgIpc) is 2.67. The molecule has 19 heavy (non-hydrogen) atoms. The Labute approximate surface area is 116 Å². The smallest absolute Gasteiger partial charge is 0.243 e. The number of carbonyl (C=O) groups is 1. The Balaban J connectivity index is 2.77. The predicted molar refractivity (Wildman–Crippen MR) is 76.8 cm³/mol. The van der Waals surface area contributed by atoms with Crippen LogP contribution in [-0.2, 0) is 10.3 Å². The predicted octanol–water partition coefficient (Wildman–Crippen LogP) is 2.32. The third-order valence-corrected chi connectivity index (χ3v) is 3.43. The van der Waals surface area contributed by atoms with Crippen molar-refractivity contribution >= 4 is 29.2 Å². The lowest BCUT2D eigenvalue weighted by Crippen LogP contribution is -2.41. The van der Waals surface area contributed by atoms with Gasteiger partial charge in [-0.25, -0.2) is 0 Å². The molecule has 0 unspecified atom stereocenters. The Kier molecular flexibility index (Phi) is 3.36. The highest BCUT2D eigenvalue weighted by atomic mass is 32.1. The summed E-state index contributed by atoms with van der Waals surface area (Å²) in [4.78, 5) is 14.7. The zero-order valence-corrected chi connectivity index (χ0v) is 12.0. The molecule has 3 N–H and O–H groups in total. The van der Waals surface area contributed by atoms with Crippen molar-refractivity contribution in [2.45, 2.75) is 26.3 Å². The maximum Gasteiger partial charge on any atom is 0.243 e. The summed E-state index contributed by atoms with van der Waals surface area (Å²) >= 11 is 5.31. The highest BCUT2D eigenvalue weighted by molar-refractivity contribution is 7.71. The molecule has 2 aromatic rings. The van der Waals surface area contributed by atoms with E-state index in [0.29, 0.717) is 17.1 Å². The first-order valence-corrected chi connectivity index (χ1v) is 6.47. The molecule has 5 nitrogen and oxygen atoms in total. The number of benzene rings is 1. The van der Waals surface area contributed by atoms with Gasteiger partial charge in [-0.2, -0.15) is 0 Å². The summed E-state index contributed by atoms with van der Waals surface area (Å²) in [6, 6.07) is 5.61. The number of para-hydroxylation sites is 1. The number of fused-ring (bicyclic) bond motifs is 1. The van der Waals surface area contributed by atoms with Crippen molar-refractivity contribution in [3.05, 3.63) is 23.0 Å². The first-order chi connectivity index (χ1) is 8.89. The number of imidazole rings is 1. The molecule has 0 aliphatic carbocycles. The zero-order chi connectivity index (χ0) is 14.2. The van der Waals surface area contributed by atoms with Gasteiger partial charge in [0.25, 0.3) is 0 Å². The molecule has 0 bridgehead atoms. The van der Waals surface area contributed by atoms with Crippen molar-refractivity contribution in [2.75, 3.05) is 6.61 Å². The van der Waals surface area contributed by atoms with E-state index in [1.54, 1.807) is 18.4 Å². The lowest BCUT2D eigenvalue weighted by molar-refractivity contribution is -0.124. The van der Waals surface area contributed by atoms with Gasteiger partial charge in [0.2, 0.25) is 5.91 Å². The zero-order valence-electron chi connectivity index (χ0n) is 11.2. The van der Waals surface area contributed by atoms with Crippen LogP contribution in [0.2, 0.25) is 0 Å². The Morgan fingerprint density at radius 3 is 2.79 bits per heavy atom. The van der Waals surface area contributed by atoms with E-state index in [2.05, 4.69) is 4.98 Å². The van der Waals surface area contributed by atoms with Gasteiger partial charge in [0, 0.05) is 0 Å². The summed E-state index contributed by atoms with van der Waals surface area (Å²) in [5, 5.41) is 0. The van der Waals surface area contributed by atoms with Crippen molar-refractivity contribution < 1.29 is 9.53 Å². The first kappa shape index (κ1) is 13.6. The van der Waals surface area contributed by atoms with Gasteiger partial charge >= 0.3 is 0 Å². The third-order valence-electron chi connectivity index (χ3n) is 3.14. The van der Waals surface area contributed by atoms with E-state index < -0.39 is 11.4 Å². The van der Waals surface area contributed by atoms with Gasteiger partial charge in [-0.15, -0.1) is 0 Å². The highest BCUT2D eigenvalue weighted by Gasteiger charge is 2.30. The number of aromatic nitrogens is 2. The van der Waals surface area contributed by atoms with Gasteiger partial charge in [0.1, 0.15) is 16.8 Å². The van der Waals surface area contributed by atoms with Gasteiger partial charge in [-0.3, -0.25) is 4.79 Å². The second kappa shape index (κ2) is 4.70. The van der Waals surface area contributed by atoms with Gasteiger partial charge in [-0.1, -0.05) is 6.07 Å². The molecule has 0 aliphatic rings. The summed E-state index contributed by atoms with van der Waals surface area (Å²) in [5.41, 5.74) is 6.15. The number of carbonyl (C=O) groups excluding carboxylic acids is 1. The van der Waals surface area contributed by atoms with Crippen molar-refractivity contribution in [2.24, 2.45) is 5.73 Å². The molecule has 6 heteroatoms. The SMILES string of the molecule is CCOc1cccc2c1[nH]c(=S)n2C(C)(C)C(N)=O. The van der Waals surface area contributed by atoms with Crippen LogP contribution in [0.1, 0.15) is 20.8 Å². The Bertz CT molecular complexity index is 685. The number of amides is 1. The molecule has 0 atom stereocenters. The molecule has 0 spiro atoms. The number of hydrogen-bond acceptors (Lipinski definition) is 3. The Morgan fingerprint density at radius 2 is 2.21 bits per heavy atom. The molecule has 0 fully saturated rings. The molecule has 0 radical (unpaired) electrons. The van der Waals surface area contributed by atoms with E-state index >= 15 is 0 Å². The molecule has 102 valence electrons. The summed E-state index contributed by atoms with van der Waals surface area (Å²) < 4.78 is 7.73. The van der Waals surface area contributed by atoms with Crippen LogP contribution < -0.4 is 10.5 Å². The lowest BCUT2D eigenvalue weighted by Gasteiger charge is -2.23. The third kappa shape index (κ3) is 2.12. The maximum absolute atomic E-state index is 11.6. The summed E-state index contributed by atoms with van der Waals surface area (Å²) in [7, 11) is 0. The molecular formula is C13H17N3O2S. The topological polar surface area (TPSA) is 73.0 Å². The van der Waals surface area contributed by atoms with Crippen LogP contribution >= 0.6 is 12.2 Å². The Hall–Kier alpha value is -1.82. The minimum absolute atomic E-state index is 0.439. The quantitative estimate of drug-likeness (QED) is 0.844. The molecule has 0 saturated carbocycles. The maximum atomic E-state index is 11.6. The van der Waals surface area contributed by atoms with E-state index in [9.17, 15) is 4.79 Å². The summed E-state index contributed by atoms with van der Waals surface area (Å²) in [6.07, 6.45) is 0. The fourth-order valence-corrected chi connectivity index (χ4v) is 2.47. The fourth-order valence-electron chi connectivity index (χ4n) is 2.04. The van der Waals surface area contributed by atoms with Crippen molar-refractivity contribution in [1.29, 1.82) is 0 Å². The van der Waals surface area contributed by atoms with Crippen LogP contribution in [0.25, 0.3) is 11.0 Å². The van der Waals surface area contributed by atoms with Crippen LogP contribution in [0.15, 0.2) is 18.2 Å². The number of ether oxygens (including phenoxy) is 1. The van der Waals surface area contributed by atoms with Crippen LogP contribution in [0.3, 0.4) is 0 Å². The standard InChI is InChI=1S/C13H17N3O2S/c1-4-18-9-7-5-6-8-10(9)15-12(19)16(8)13(2,3)11(14)17/h5-7H,4H2,1-3H3,(H2,14,17)(H,15,19). The highest BCUT2D eigenvalue weighted by Crippen LogP contribution is 2.29. The molecule has 1 aromatic carbocycles. The molecule has 1 heterocycles. The molecule has 1 aromatic heterocycles. The lowest BCUT2D eigenvalue weighted by atomic mass is 10.0. The second-order valence-corrected chi connectivity index (χ2v) is 5.16. The molecule has 1 amide bonds. The normalized spacial score (nSPS) is 11.7. The van der Waals surface area contributed by atoms with E-state index in [-0.39, 0.29) is 0 Å². The van der Waals surface area contributed by atoms with Gasteiger partial charge < -0.3 is 20.0 Å². The number of primary amides is 1. The van der Waals surface area contributed by atoms with E-state index in [0.717, 1.165) is 11.0 Å². The Morgan fingerprint density at radius 1 is 1.53 bits per heavy atom. The largest absolute Gasteiger partial charge is 0.492 e. The van der Waals surface area contributed by atoms with E-state index in [1.807, 2.05) is 25.1 Å². The monoisotopic (exact) mass is 279 g/mol. The molecular weight excluding hydrogens is 262 g/mol. The number of nitrogens with zero attached hydrogens (tertiary/aromatic N) is 1. The first-order valence-electron chi connectivity index (χ1n) is 6.06. The van der Waals surface area contributed by atoms with Crippen LogP contribution in [0, 0.1) is 4.77 Å². The number of nitrogens with two attached hydrogens (primary N) is 1. The van der Waals surface area contributed by atoms with Crippen LogP contribution in [0.5, 0.6) is 5.75 Å². The minimum atomic E-state index is -0.903.